The number of carbonyl (C=O) groups excluding carboxylic acids is 1. The maximum atomic E-state index is 12.0. The Kier molecular flexibility index (Phi) is 6.40. The van der Waals surface area contributed by atoms with Gasteiger partial charge in [-0.25, -0.2) is 4.98 Å². The summed E-state index contributed by atoms with van der Waals surface area (Å²) in [5.41, 5.74) is 2.03. The van der Waals surface area contributed by atoms with Gasteiger partial charge in [-0.05, 0) is 37.1 Å². The van der Waals surface area contributed by atoms with Gasteiger partial charge in [0.1, 0.15) is 0 Å². The molecule has 2 rings (SSSR count). The highest BCUT2D eigenvalue weighted by Crippen LogP contribution is 2.15. The highest BCUT2D eigenvalue weighted by molar-refractivity contribution is 9.10. The number of aryl methyl sites for hydroxylation is 1. The van der Waals surface area contributed by atoms with Crippen molar-refractivity contribution in [2.75, 3.05) is 6.61 Å². The van der Waals surface area contributed by atoms with E-state index in [9.17, 15) is 4.79 Å². The van der Waals surface area contributed by atoms with Gasteiger partial charge >= 0.3 is 0 Å². The molecule has 5 heteroatoms. The molecule has 0 aliphatic carbocycles. The third-order valence-electron chi connectivity index (χ3n) is 3.14. The molecular formula is C17H19BrN2O2. The number of amides is 1. The topological polar surface area (TPSA) is 51.2 Å². The molecule has 0 saturated heterocycles. The van der Waals surface area contributed by atoms with Crippen LogP contribution in [0.15, 0.2) is 47.1 Å². The normalized spacial score (nSPS) is 10.3. The van der Waals surface area contributed by atoms with Crippen molar-refractivity contribution in [3.63, 3.8) is 0 Å². The summed E-state index contributed by atoms with van der Waals surface area (Å²) in [5.74, 6) is 0.601. The van der Waals surface area contributed by atoms with E-state index in [0.717, 1.165) is 22.0 Å². The van der Waals surface area contributed by atoms with E-state index in [2.05, 4.69) is 26.2 Å². The average Bonchev–Trinajstić information content (AvgIpc) is 2.52. The van der Waals surface area contributed by atoms with Crippen LogP contribution in [0.25, 0.3) is 0 Å². The van der Waals surface area contributed by atoms with Crippen LogP contribution in [0.1, 0.15) is 24.5 Å². The number of nitrogens with one attached hydrogen (secondary N) is 1. The van der Waals surface area contributed by atoms with E-state index in [1.165, 1.54) is 0 Å². The number of pyridine rings is 1. The molecule has 0 saturated carbocycles. The second-order valence-electron chi connectivity index (χ2n) is 4.81. The van der Waals surface area contributed by atoms with Gasteiger partial charge in [-0.15, -0.1) is 0 Å². The molecule has 1 aromatic heterocycles. The number of benzene rings is 1. The van der Waals surface area contributed by atoms with Gasteiger partial charge in [0, 0.05) is 29.2 Å². The van der Waals surface area contributed by atoms with Crippen molar-refractivity contribution in [1.82, 2.24) is 10.3 Å². The van der Waals surface area contributed by atoms with Gasteiger partial charge in [-0.3, -0.25) is 4.79 Å². The molecule has 116 valence electrons. The van der Waals surface area contributed by atoms with Crippen molar-refractivity contribution >= 4 is 21.8 Å². The monoisotopic (exact) mass is 362 g/mol. The molecule has 0 aliphatic heterocycles. The summed E-state index contributed by atoms with van der Waals surface area (Å²) in [6.45, 7) is 2.90. The number of ether oxygens (including phenoxy) is 1. The lowest BCUT2D eigenvalue weighted by Crippen LogP contribution is -2.23. The van der Waals surface area contributed by atoms with Crippen molar-refractivity contribution in [2.45, 2.75) is 26.3 Å². The zero-order valence-corrected chi connectivity index (χ0v) is 14.1. The van der Waals surface area contributed by atoms with Crippen molar-refractivity contribution < 1.29 is 9.53 Å². The van der Waals surface area contributed by atoms with Gasteiger partial charge in [-0.1, -0.05) is 34.1 Å². The van der Waals surface area contributed by atoms with Gasteiger partial charge in [0.15, 0.2) is 0 Å². The minimum absolute atomic E-state index is 0.0197. The first kappa shape index (κ1) is 16.5. The number of nitrogens with zero attached hydrogens (tertiary/aromatic N) is 1. The predicted octanol–water partition coefficient (Wildman–Crippen LogP) is 3.49. The molecule has 2 aromatic rings. The molecule has 0 spiro atoms. The summed E-state index contributed by atoms with van der Waals surface area (Å²) in [5, 5.41) is 2.91. The molecular weight excluding hydrogens is 344 g/mol. The van der Waals surface area contributed by atoms with Gasteiger partial charge in [0.25, 0.3) is 0 Å². The SMILES string of the molecule is CCOc1ncccc1CNC(=O)CCc1cccc(Br)c1. The number of rotatable bonds is 7. The first-order chi connectivity index (χ1) is 10.7. The molecule has 0 aliphatic rings. The van der Waals surface area contributed by atoms with E-state index < -0.39 is 0 Å². The lowest BCUT2D eigenvalue weighted by atomic mass is 10.1. The Hall–Kier alpha value is -1.88. The zero-order chi connectivity index (χ0) is 15.8. The van der Waals surface area contributed by atoms with Crippen LogP contribution in [0.2, 0.25) is 0 Å². The molecule has 0 unspecified atom stereocenters. The minimum Gasteiger partial charge on any atom is -0.478 e. The molecule has 1 N–H and O–H groups in total. The highest BCUT2D eigenvalue weighted by Gasteiger charge is 2.07. The fraction of sp³-hybridized carbons (Fsp3) is 0.294. The van der Waals surface area contributed by atoms with Gasteiger partial charge in [0.2, 0.25) is 11.8 Å². The summed E-state index contributed by atoms with van der Waals surface area (Å²) in [6.07, 6.45) is 2.86. The Morgan fingerprint density at radius 1 is 1.32 bits per heavy atom. The first-order valence-electron chi connectivity index (χ1n) is 7.27. The summed E-state index contributed by atoms with van der Waals surface area (Å²) in [7, 11) is 0. The third-order valence-corrected chi connectivity index (χ3v) is 3.63. The second kappa shape index (κ2) is 8.54. The molecule has 1 heterocycles. The van der Waals surface area contributed by atoms with Gasteiger partial charge in [0.05, 0.1) is 6.61 Å². The summed E-state index contributed by atoms with van der Waals surface area (Å²) in [6, 6.07) is 11.7. The van der Waals surface area contributed by atoms with Crippen molar-refractivity contribution in [1.29, 1.82) is 0 Å². The fourth-order valence-electron chi connectivity index (χ4n) is 2.06. The van der Waals surface area contributed by atoms with Crippen LogP contribution in [0.4, 0.5) is 0 Å². The quantitative estimate of drug-likeness (QED) is 0.819. The Bertz CT molecular complexity index is 632. The summed E-state index contributed by atoms with van der Waals surface area (Å²) >= 11 is 3.43. The smallest absolute Gasteiger partial charge is 0.220 e. The maximum absolute atomic E-state index is 12.0. The molecule has 0 bridgehead atoms. The third kappa shape index (κ3) is 5.15. The van der Waals surface area contributed by atoms with E-state index in [1.54, 1.807) is 6.20 Å². The van der Waals surface area contributed by atoms with Crippen LogP contribution in [-0.2, 0) is 17.8 Å². The van der Waals surface area contributed by atoms with Crippen molar-refractivity contribution in [3.8, 4) is 5.88 Å². The Labute approximate surface area is 139 Å². The summed E-state index contributed by atoms with van der Waals surface area (Å²) in [4.78, 5) is 16.1. The van der Waals surface area contributed by atoms with Gasteiger partial charge < -0.3 is 10.1 Å². The maximum Gasteiger partial charge on any atom is 0.220 e. The van der Waals surface area contributed by atoms with Crippen LogP contribution < -0.4 is 10.1 Å². The molecule has 4 nitrogen and oxygen atoms in total. The second-order valence-corrected chi connectivity index (χ2v) is 5.72. The molecule has 22 heavy (non-hydrogen) atoms. The van der Waals surface area contributed by atoms with Gasteiger partial charge in [-0.2, -0.15) is 0 Å². The zero-order valence-electron chi connectivity index (χ0n) is 12.5. The molecule has 0 atom stereocenters. The Morgan fingerprint density at radius 2 is 2.18 bits per heavy atom. The lowest BCUT2D eigenvalue weighted by molar-refractivity contribution is -0.121. The van der Waals surface area contributed by atoms with E-state index in [0.29, 0.717) is 25.5 Å². The molecule has 0 radical (unpaired) electrons. The van der Waals surface area contributed by atoms with Crippen molar-refractivity contribution in [2.24, 2.45) is 0 Å². The van der Waals surface area contributed by atoms with Crippen molar-refractivity contribution in [3.05, 3.63) is 58.2 Å². The Morgan fingerprint density at radius 3 is 2.95 bits per heavy atom. The van der Waals surface area contributed by atoms with E-state index in [4.69, 9.17) is 4.74 Å². The highest BCUT2D eigenvalue weighted by atomic mass is 79.9. The lowest BCUT2D eigenvalue weighted by Gasteiger charge is -2.10. The van der Waals surface area contributed by atoms with Crippen LogP contribution in [0, 0.1) is 0 Å². The van der Waals surface area contributed by atoms with Crippen LogP contribution >= 0.6 is 15.9 Å². The largest absolute Gasteiger partial charge is 0.478 e. The standard InChI is InChI=1S/C17H19BrN2O2/c1-2-22-17-14(6-4-10-19-17)12-20-16(21)9-8-13-5-3-7-15(18)11-13/h3-7,10-11H,2,8-9,12H2,1H3,(H,20,21). The molecule has 0 fully saturated rings. The molecule has 1 aromatic carbocycles. The van der Waals surface area contributed by atoms with Crippen LogP contribution in [-0.4, -0.2) is 17.5 Å². The number of carbonyl (C=O) groups is 1. The number of aromatic nitrogens is 1. The minimum atomic E-state index is 0.0197. The first-order valence-corrected chi connectivity index (χ1v) is 8.06. The predicted molar refractivity (Wildman–Crippen MR) is 89.7 cm³/mol. The van der Waals surface area contributed by atoms with E-state index >= 15 is 0 Å². The number of hydrogen-bond donors (Lipinski definition) is 1. The number of hydrogen-bond acceptors (Lipinski definition) is 3. The fourth-order valence-corrected chi connectivity index (χ4v) is 2.50. The average molecular weight is 363 g/mol. The van der Waals surface area contributed by atoms with E-state index in [-0.39, 0.29) is 5.91 Å². The molecule has 1 amide bonds. The summed E-state index contributed by atoms with van der Waals surface area (Å²) < 4.78 is 6.47. The number of halogens is 1. The van der Waals surface area contributed by atoms with Crippen LogP contribution in [0.5, 0.6) is 5.88 Å². The van der Waals surface area contributed by atoms with E-state index in [1.807, 2.05) is 43.3 Å². The Balaban J connectivity index is 1.83. The van der Waals surface area contributed by atoms with Crippen LogP contribution in [0.3, 0.4) is 0 Å².